The van der Waals surface area contributed by atoms with Crippen LogP contribution < -0.4 is 20.9 Å². The molecule has 0 radical (unpaired) electrons. The Bertz CT molecular complexity index is 1310. The van der Waals surface area contributed by atoms with E-state index in [4.69, 9.17) is 18.5 Å². The Morgan fingerprint density at radius 2 is 2.00 bits per heavy atom. The zero-order valence-corrected chi connectivity index (χ0v) is 21.0. The summed E-state index contributed by atoms with van der Waals surface area (Å²) in [4.78, 5) is 37.5. The zero-order valence-electron chi connectivity index (χ0n) is 20.1. The lowest BCUT2D eigenvalue weighted by Gasteiger charge is -2.25. The van der Waals surface area contributed by atoms with Gasteiger partial charge in [-0.2, -0.15) is 14.7 Å². The van der Waals surface area contributed by atoms with Crippen LogP contribution in [0, 0.1) is 23.1 Å². The Hall–Kier alpha value is -3.34. The van der Waals surface area contributed by atoms with Crippen LogP contribution in [0.2, 0.25) is 0 Å². The molecule has 2 aromatic rings. The van der Waals surface area contributed by atoms with Gasteiger partial charge >= 0.3 is 19.4 Å². The van der Waals surface area contributed by atoms with Crippen molar-refractivity contribution in [3.63, 3.8) is 0 Å². The van der Waals surface area contributed by atoms with Crippen LogP contribution in [0.1, 0.15) is 27.0 Å². The quantitative estimate of drug-likeness (QED) is 0.291. The van der Waals surface area contributed by atoms with Crippen LogP contribution in [0.4, 0.5) is 4.39 Å². The first-order valence-corrected chi connectivity index (χ1v) is 12.7. The molecule has 0 saturated carbocycles. The Balaban J connectivity index is 1.81. The molecule has 1 aromatic heterocycles. The Morgan fingerprint density at radius 1 is 1.32 bits per heavy atom. The fourth-order valence-corrected chi connectivity index (χ4v) is 4.92. The first-order chi connectivity index (χ1) is 17.4. The number of aromatic amines is 1. The lowest BCUT2D eigenvalue weighted by Crippen LogP contribution is -2.37. The number of H-pyrrole nitrogens is 1. The van der Waals surface area contributed by atoms with Crippen LogP contribution >= 0.6 is 7.75 Å². The molecule has 0 spiro atoms. The maximum atomic E-state index is 13.8. The summed E-state index contributed by atoms with van der Waals surface area (Å²) >= 11 is 0. The van der Waals surface area contributed by atoms with Crippen LogP contribution in [0.5, 0.6) is 5.75 Å². The van der Waals surface area contributed by atoms with E-state index in [0.29, 0.717) is 10.8 Å². The largest absolute Gasteiger partial charge is 0.462 e. The number of nitrogens with one attached hydrogen (secondary N) is 2. The first-order valence-electron chi connectivity index (χ1n) is 11.2. The van der Waals surface area contributed by atoms with Gasteiger partial charge < -0.3 is 19.1 Å². The number of hydrogen-bond acceptors (Lipinski definition) is 10. The topological polar surface area (TPSA) is 182 Å². The highest BCUT2D eigenvalue weighted by Crippen LogP contribution is 2.46. The van der Waals surface area contributed by atoms with Gasteiger partial charge in [-0.15, -0.1) is 0 Å². The summed E-state index contributed by atoms with van der Waals surface area (Å²) in [5, 5.41) is 22.6. The summed E-state index contributed by atoms with van der Waals surface area (Å²) in [6.45, 7) is 4.04. The minimum atomic E-state index is -4.32. The van der Waals surface area contributed by atoms with E-state index >= 15 is 0 Å². The molecular formula is C22H26FN4O9P. The number of carbonyl (C=O) groups is 1. The molecule has 200 valence electrons. The predicted octanol–water partition coefficient (Wildman–Crippen LogP) is 1.21. The molecule has 1 fully saturated rings. The fourth-order valence-electron chi connectivity index (χ4n) is 3.42. The Labute approximate surface area is 210 Å². The third-order valence-corrected chi connectivity index (χ3v) is 6.80. The van der Waals surface area contributed by atoms with E-state index in [9.17, 15) is 33.7 Å². The van der Waals surface area contributed by atoms with Crippen LogP contribution in [0.15, 0.2) is 46.1 Å². The number of benzene rings is 1. The standard InChI is InChI=1S/C22H26FN4O9P/c1-12(2)34-21(30)13(3)26-37(32,36-14-7-5-4-6-8-14)33-11-17-18(28)15(9-24)20(35-17)27-10-16(23)19(29)25-22(27)31/h4-8,10,12-13,15,17-18,20,28H,11H2,1-3H3,(H,26,32)(H,25,29,31). The average Bonchev–Trinajstić information content (AvgIpc) is 3.15. The van der Waals surface area contributed by atoms with E-state index in [0.717, 1.165) is 0 Å². The number of carbonyl (C=O) groups excluding carboxylic acids is 1. The van der Waals surface area contributed by atoms with Crippen LogP contribution in [-0.2, 0) is 23.4 Å². The van der Waals surface area contributed by atoms with Crippen molar-refractivity contribution < 1.29 is 37.4 Å². The van der Waals surface area contributed by atoms with Crippen molar-refractivity contribution in [2.24, 2.45) is 5.92 Å². The molecule has 37 heavy (non-hydrogen) atoms. The molecule has 3 rings (SSSR count). The third-order valence-electron chi connectivity index (χ3n) is 5.15. The minimum absolute atomic E-state index is 0.138. The second kappa shape index (κ2) is 11.8. The molecule has 2 heterocycles. The van der Waals surface area contributed by atoms with Crippen molar-refractivity contribution >= 4 is 13.7 Å². The summed E-state index contributed by atoms with van der Waals surface area (Å²) in [5.41, 5.74) is -2.33. The van der Waals surface area contributed by atoms with Gasteiger partial charge in [0.15, 0.2) is 6.23 Å². The smallest absolute Gasteiger partial charge is 0.459 e. The molecule has 6 unspecified atom stereocenters. The number of hydrogen-bond donors (Lipinski definition) is 3. The molecule has 6 atom stereocenters. The Morgan fingerprint density at radius 3 is 2.62 bits per heavy atom. The number of para-hydroxylation sites is 1. The molecular weight excluding hydrogens is 514 g/mol. The fraction of sp³-hybridized carbons (Fsp3) is 0.455. The molecule has 1 aliphatic heterocycles. The number of rotatable bonds is 10. The number of aliphatic hydroxyl groups is 1. The molecule has 1 saturated heterocycles. The first kappa shape index (κ1) is 28.2. The number of aliphatic hydroxyl groups excluding tert-OH is 1. The van der Waals surface area contributed by atoms with Crippen molar-refractivity contribution in [3.05, 3.63) is 63.2 Å². The molecule has 15 heteroatoms. The van der Waals surface area contributed by atoms with Crippen molar-refractivity contribution in [3.8, 4) is 11.8 Å². The predicted molar refractivity (Wildman–Crippen MR) is 125 cm³/mol. The van der Waals surface area contributed by atoms with E-state index < -0.39 is 73.9 Å². The van der Waals surface area contributed by atoms with Gasteiger partial charge in [-0.05, 0) is 32.9 Å². The Kier molecular flexibility index (Phi) is 9.01. The van der Waals surface area contributed by atoms with E-state index in [2.05, 4.69) is 5.09 Å². The maximum absolute atomic E-state index is 13.8. The van der Waals surface area contributed by atoms with Gasteiger partial charge in [0.1, 0.15) is 29.9 Å². The average molecular weight is 540 g/mol. The van der Waals surface area contributed by atoms with Gasteiger partial charge in [-0.25, -0.2) is 9.36 Å². The third kappa shape index (κ3) is 6.91. The minimum Gasteiger partial charge on any atom is -0.462 e. The summed E-state index contributed by atoms with van der Waals surface area (Å²) in [6.07, 6.45) is -4.27. The van der Waals surface area contributed by atoms with Gasteiger partial charge in [0.25, 0.3) is 5.56 Å². The molecule has 3 N–H and O–H groups in total. The molecule has 13 nitrogen and oxygen atoms in total. The lowest BCUT2D eigenvalue weighted by atomic mass is 10.0. The monoisotopic (exact) mass is 540 g/mol. The van der Waals surface area contributed by atoms with E-state index in [1.54, 1.807) is 43.1 Å². The lowest BCUT2D eigenvalue weighted by molar-refractivity contribution is -0.149. The number of ether oxygens (including phenoxy) is 2. The highest BCUT2D eigenvalue weighted by Gasteiger charge is 2.47. The van der Waals surface area contributed by atoms with Crippen molar-refractivity contribution in [1.82, 2.24) is 14.6 Å². The van der Waals surface area contributed by atoms with Gasteiger partial charge in [0.2, 0.25) is 5.82 Å². The van der Waals surface area contributed by atoms with Crippen molar-refractivity contribution in [1.29, 1.82) is 5.26 Å². The van der Waals surface area contributed by atoms with Crippen molar-refractivity contribution in [2.45, 2.75) is 51.4 Å². The summed E-state index contributed by atoms with van der Waals surface area (Å²) in [7, 11) is -4.32. The second-order valence-electron chi connectivity index (χ2n) is 8.39. The highest BCUT2D eigenvalue weighted by molar-refractivity contribution is 7.52. The van der Waals surface area contributed by atoms with Gasteiger partial charge in [0, 0.05) is 0 Å². The number of nitrogens with zero attached hydrogens (tertiary/aromatic N) is 2. The SMILES string of the molecule is CC(C)OC(=O)C(C)NP(=O)(OCC1OC(n2cc(F)c(=O)[nH]c2=O)C(C#N)C1O)Oc1ccccc1. The molecule has 0 aliphatic carbocycles. The molecule has 1 aliphatic rings. The van der Waals surface area contributed by atoms with Gasteiger partial charge in [-0.1, -0.05) is 18.2 Å². The summed E-state index contributed by atoms with van der Waals surface area (Å²) in [6, 6.07) is 8.56. The van der Waals surface area contributed by atoms with E-state index in [1.807, 2.05) is 0 Å². The van der Waals surface area contributed by atoms with E-state index in [-0.39, 0.29) is 5.75 Å². The highest BCUT2D eigenvalue weighted by atomic mass is 31.2. The number of halogens is 1. The summed E-state index contributed by atoms with van der Waals surface area (Å²) in [5.74, 6) is -3.27. The number of esters is 1. The maximum Gasteiger partial charge on any atom is 0.459 e. The van der Waals surface area contributed by atoms with Crippen molar-refractivity contribution in [2.75, 3.05) is 6.61 Å². The number of nitriles is 1. The van der Waals surface area contributed by atoms with Crippen LogP contribution in [0.3, 0.4) is 0 Å². The van der Waals surface area contributed by atoms with Crippen LogP contribution in [-0.4, -0.2) is 51.6 Å². The summed E-state index contributed by atoms with van der Waals surface area (Å²) < 4.78 is 49.6. The second-order valence-corrected chi connectivity index (χ2v) is 10.1. The molecule has 1 aromatic carbocycles. The normalized spacial score (nSPS) is 23.7. The molecule has 0 amide bonds. The van der Waals surface area contributed by atoms with Gasteiger partial charge in [0.05, 0.1) is 25.0 Å². The van der Waals surface area contributed by atoms with Gasteiger partial charge in [-0.3, -0.25) is 23.7 Å². The molecule has 0 bridgehead atoms. The van der Waals surface area contributed by atoms with Crippen LogP contribution in [0.25, 0.3) is 0 Å². The van der Waals surface area contributed by atoms with E-state index in [1.165, 1.54) is 19.1 Å². The number of aromatic nitrogens is 2. The zero-order chi connectivity index (χ0) is 27.3.